The zero-order valence-corrected chi connectivity index (χ0v) is 12.3. The maximum atomic E-state index is 13.2. The molecule has 21 heavy (non-hydrogen) atoms. The van der Waals surface area contributed by atoms with Gasteiger partial charge in [-0.15, -0.1) is 0 Å². The Hall–Kier alpha value is -1.95. The summed E-state index contributed by atoms with van der Waals surface area (Å²) < 4.78 is 18.6. The second kappa shape index (κ2) is 6.67. The van der Waals surface area contributed by atoms with Gasteiger partial charge in [-0.2, -0.15) is 0 Å². The number of rotatable bonds is 4. The molecule has 0 N–H and O–H groups in total. The molecule has 0 atom stereocenters. The summed E-state index contributed by atoms with van der Waals surface area (Å²) in [7, 11) is 2.00. The maximum Gasteiger partial charge on any atom is 0.260 e. The van der Waals surface area contributed by atoms with E-state index in [0.29, 0.717) is 13.1 Å². The van der Waals surface area contributed by atoms with Crippen molar-refractivity contribution in [3.05, 3.63) is 29.6 Å². The van der Waals surface area contributed by atoms with Crippen LogP contribution in [0.25, 0.3) is 0 Å². The molecule has 0 bridgehead atoms. The Morgan fingerprint density at radius 1 is 1.24 bits per heavy atom. The fourth-order valence-electron chi connectivity index (χ4n) is 2.19. The molecule has 1 heterocycles. The van der Waals surface area contributed by atoms with E-state index in [0.717, 1.165) is 19.2 Å². The van der Waals surface area contributed by atoms with Gasteiger partial charge in [0.05, 0.1) is 5.56 Å². The molecule has 114 valence electrons. The van der Waals surface area contributed by atoms with Crippen molar-refractivity contribution < 1.29 is 18.7 Å². The Morgan fingerprint density at radius 3 is 2.52 bits per heavy atom. The summed E-state index contributed by atoms with van der Waals surface area (Å²) >= 11 is 0. The number of ether oxygens (including phenoxy) is 1. The minimum atomic E-state index is -0.498. The van der Waals surface area contributed by atoms with E-state index in [9.17, 15) is 14.0 Å². The molecule has 1 saturated heterocycles. The van der Waals surface area contributed by atoms with Gasteiger partial charge in [-0.1, -0.05) is 0 Å². The minimum absolute atomic E-state index is 0.116. The third-order valence-corrected chi connectivity index (χ3v) is 3.53. The van der Waals surface area contributed by atoms with E-state index >= 15 is 0 Å². The van der Waals surface area contributed by atoms with Crippen LogP contribution in [0.5, 0.6) is 5.75 Å². The van der Waals surface area contributed by atoms with Gasteiger partial charge in [0.15, 0.2) is 12.4 Å². The summed E-state index contributed by atoms with van der Waals surface area (Å²) in [5.41, 5.74) is 0.280. The van der Waals surface area contributed by atoms with Crippen molar-refractivity contribution in [2.45, 2.75) is 6.92 Å². The molecule has 1 aliphatic rings. The minimum Gasteiger partial charge on any atom is -0.483 e. The van der Waals surface area contributed by atoms with E-state index in [4.69, 9.17) is 4.74 Å². The lowest BCUT2D eigenvalue weighted by atomic mass is 10.1. The van der Waals surface area contributed by atoms with Gasteiger partial charge in [0.2, 0.25) is 0 Å². The van der Waals surface area contributed by atoms with Crippen molar-refractivity contribution in [1.29, 1.82) is 0 Å². The number of Topliss-reactive ketones (excluding diaryl/α,β-unsaturated/α-hetero) is 1. The number of nitrogens with zero attached hydrogens (tertiary/aromatic N) is 2. The molecule has 6 heteroatoms. The lowest BCUT2D eigenvalue weighted by molar-refractivity contribution is -0.134. The van der Waals surface area contributed by atoms with Crippen molar-refractivity contribution in [3.8, 4) is 5.75 Å². The number of ketones is 1. The first-order chi connectivity index (χ1) is 9.97. The SMILES string of the molecule is CC(=O)c1ccc(F)cc1OCC(=O)N1CCN(C)CC1. The molecule has 0 spiro atoms. The predicted molar refractivity (Wildman–Crippen MR) is 76.0 cm³/mol. The number of benzene rings is 1. The molecule has 1 aromatic carbocycles. The number of halogens is 1. The Kier molecular flexibility index (Phi) is 4.90. The van der Waals surface area contributed by atoms with Crippen LogP contribution in [0.2, 0.25) is 0 Å². The van der Waals surface area contributed by atoms with Crippen LogP contribution in [0.1, 0.15) is 17.3 Å². The number of amides is 1. The van der Waals surface area contributed by atoms with Gasteiger partial charge >= 0.3 is 0 Å². The van der Waals surface area contributed by atoms with Crippen LogP contribution in [0.15, 0.2) is 18.2 Å². The first-order valence-corrected chi connectivity index (χ1v) is 6.87. The van der Waals surface area contributed by atoms with Gasteiger partial charge in [-0.25, -0.2) is 4.39 Å². The highest BCUT2D eigenvalue weighted by molar-refractivity contribution is 5.96. The molecule has 1 amide bonds. The van der Waals surface area contributed by atoms with Gasteiger partial charge in [0, 0.05) is 32.2 Å². The highest BCUT2D eigenvalue weighted by atomic mass is 19.1. The number of hydrogen-bond acceptors (Lipinski definition) is 4. The molecule has 0 aliphatic carbocycles. The van der Waals surface area contributed by atoms with Crippen molar-refractivity contribution in [3.63, 3.8) is 0 Å². The number of carbonyl (C=O) groups is 2. The van der Waals surface area contributed by atoms with Crippen LogP contribution in [0, 0.1) is 5.82 Å². The highest BCUT2D eigenvalue weighted by Crippen LogP contribution is 2.20. The summed E-state index contributed by atoms with van der Waals surface area (Å²) in [5.74, 6) is -0.758. The smallest absolute Gasteiger partial charge is 0.260 e. The average Bonchev–Trinajstić information content (AvgIpc) is 2.45. The zero-order chi connectivity index (χ0) is 15.4. The number of hydrogen-bond donors (Lipinski definition) is 0. The molecule has 0 aromatic heterocycles. The molecular formula is C15H19FN2O3. The molecule has 1 aliphatic heterocycles. The van der Waals surface area contributed by atoms with Crippen LogP contribution in [0.3, 0.4) is 0 Å². The molecule has 2 rings (SSSR count). The van der Waals surface area contributed by atoms with Gasteiger partial charge in [0.1, 0.15) is 11.6 Å². The topological polar surface area (TPSA) is 49.9 Å². The second-order valence-corrected chi connectivity index (χ2v) is 5.17. The van der Waals surface area contributed by atoms with Gasteiger partial charge in [-0.3, -0.25) is 9.59 Å². The second-order valence-electron chi connectivity index (χ2n) is 5.17. The Labute approximate surface area is 123 Å². The Morgan fingerprint density at radius 2 is 1.90 bits per heavy atom. The summed E-state index contributed by atoms with van der Waals surface area (Å²) in [6.07, 6.45) is 0. The molecule has 1 fully saturated rings. The standard InChI is InChI=1S/C15H19FN2O3/c1-11(19)13-4-3-12(16)9-14(13)21-10-15(20)18-7-5-17(2)6-8-18/h3-4,9H,5-8,10H2,1-2H3. The number of likely N-dealkylation sites (N-methyl/N-ethyl adjacent to an activating group) is 1. The van der Waals surface area contributed by atoms with Crippen LogP contribution in [-0.4, -0.2) is 61.3 Å². The lowest BCUT2D eigenvalue weighted by Gasteiger charge is -2.32. The summed E-state index contributed by atoms with van der Waals surface area (Å²) in [6, 6.07) is 3.70. The van der Waals surface area contributed by atoms with Crippen LogP contribution in [0.4, 0.5) is 4.39 Å². The van der Waals surface area contributed by atoms with Crippen molar-refractivity contribution in [2.24, 2.45) is 0 Å². The largest absolute Gasteiger partial charge is 0.483 e. The molecular weight excluding hydrogens is 275 g/mol. The van der Waals surface area contributed by atoms with Crippen LogP contribution >= 0.6 is 0 Å². The molecule has 0 saturated carbocycles. The predicted octanol–water partition coefficient (Wildman–Crippen LogP) is 1.18. The Balaban J connectivity index is 1.98. The van der Waals surface area contributed by atoms with Crippen molar-refractivity contribution in [2.75, 3.05) is 39.8 Å². The molecule has 0 unspecified atom stereocenters. The van der Waals surface area contributed by atoms with Gasteiger partial charge in [0.25, 0.3) is 5.91 Å². The average molecular weight is 294 g/mol. The zero-order valence-electron chi connectivity index (χ0n) is 12.3. The fraction of sp³-hybridized carbons (Fsp3) is 0.467. The highest BCUT2D eigenvalue weighted by Gasteiger charge is 2.20. The number of carbonyl (C=O) groups excluding carboxylic acids is 2. The molecule has 0 radical (unpaired) electrons. The molecule has 5 nitrogen and oxygen atoms in total. The lowest BCUT2D eigenvalue weighted by Crippen LogP contribution is -2.48. The Bertz CT molecular complexity index is 540. The summed E-state index contributed by atoms with van der Waals surface area (Å²) in [5, 5.41) is 0. The van der Waals surface area contributed by atoms with Crippen LogP contribution in [-0.2, 0) is 4.79 Å². The fourth-order valence-corrected chi connectivity index (χ4v) is 2.19. The monoisotopic (exact) mass is 294 g/mol. The molecule has 1 aromatic rings. The van der Waals surface area contributed by atoms with Crippen molar-refractivity contribution >= 4 is 11.7 Å². The van der Waals surface area contributed by atoms with E-state index in [1.165, 1.54) is 19.1 Å². The summed E-state index contributed by atoms with van der Waals surface area (Å²) in [6.45, 7) is 4.15. The van der Waals surface area contributed by atoms with E-state index in [1.807, 2.05) is 7.05 Å². The number of piperazine rings is 1. The third-order valence-electron chi connectivity index (χ3n) is 3.53. The summed E-state index contributed by atoms with van der Waals surface area (Å²) in [4.78, 5) is 27.4. The maximum absolute atomic E-state index is 13.2. The van der Waals surface area contributed by atoms with Gasteiger partial charge < -0.3 is 14.5 Å². The van der Waals surface area contributed by atoms with Gasteiger partial charge in [-0.05, 0) is 26.1 Å². The van der Waals surface area contributed by atoms with E-state index in [-0.39, 0.29) is 29.6 Å². The van der Waals surface area contributed by atoms with E-state index < -0.39 is 5.82 Å². The van der Waals surface area contributed by atoms with E-state index in [2.05, 4.69) is 4.90 Å². The van der Waals surface area contributed by atoms with E-state index in [1.54, 1.807) is 4.90 Å². The third kappa shape index (κ3) is 4.01. The quantitative estimate of drug-likeness (QED) is 0.783. The first kappa shape index (κ1) is 15.4. The normalized spacial score (nSPS) is 15.9. The van der Waals surface area contributed by atoms with Crippen LogP contribution < -0.4 is 4.74 Å². The first-order valence-electron chi connectivity index (χ1n) is 6.87. The van der Waals surface area contributed by atoms with Crippen molar-refractivity contribution in [1.82, 2.24) is 9.80 Å².